The summed E-state index contributed by atoms with van der Waals surface area (Å²) in [6.07, 6.45) is 4.04. The van der Waals surface area contributed by atoms with Crippen molar-refractivity contribution in [2.45, 2.75) is 39.2 Å². The topological polar surface area (TPSA) is 3.24 Å². The van der Waals surface area contributed by atoms with E-state index in [1.165, 1.54) is 31.4 Å². The van der Waals surface area contributed by atoms with Gasteiger partial charge in [0.1, 0.15) is 0 Å². The maximum Gasteiger partial charge on any atom is 0.0101 e. The molecule has 1 aliphatic heterocycles. The van der Waals surface area contributed by atoms with Crippen LogP contribution in [0.25, 0.3) is 0 Å². The summed E-state index contributed by atoms with van der Waals surface area (Å²) in [4.78, 5) is 2.52. The smallest absolute Gasteiger partial charge is 0.0101 e. The summed E-state index contributed by atoms with van der Waals surface area (Å²) in [6, 6.07) is 0.695. The predicted octanol–water partition coefficient (Wildman–Crippen LogP) is 2.93. The molecule has 0 aromatic rings. The first-order chi connectivity index (χ1) is 6.59. The first kappa shape index (κ1) is 10.2. The molecule has 80 valence electrons. The van der Waals surface area contributed by atoms with Crippen molar-refractivity contribution >= 4 is 0 Å². The van der Waals surface area contributed by atoms with Crippen molar-refractivity contribution in [2.75, 3.05) is 13.6 Å². The Bertz CT molecular complexity index is 233. The van der Waals surface area contributed by atoms with Gasteiger partial charge in [-0.05, 0) is 51.0 Å². The molecule has 4 atom stereocenters. The van der Waals surface area contributed by atoms with Crippen molar-refractivity contribution in [1.29, 1.82) is 0 Å². The van der Waals surface area contributed by atoms with Crippen molar-refractivity contribution < 1.29 is 0 Å². The second-order valence-corrected chi connectivity index (χ2v) is 5.49. The number of rotatable bonds is 0. The number of hydrogen-bond donors (Lipinski definition) is 0. The summed E-state index contributed by atoms with van der Waals surface area (Å²) < 4.78 is 0. The van der Waals surface area contributed by atoms with Crippen LogP contribution in [-0.2, 0) is 0 Å². The van der Waals surface area contributed by atoms with Crippen LogP contribution in [0.4, 0.5) is 0 Å². The highest BCUT2D eigenvalue weighted by atomic mass is 15.1. The van der Waals surface area contributed by atoms with Crippen LogP contribution >= 0.6 is 0 Å². The molecular weight excluding hydrogens is 170 g/mol. The second kappa shape index (κ2) is 3.69. The largest absolute Gasteiger partial charge is 0.303 e. The zero-order chi connectivity index (χ0) is 10.3. The molecule has 0 spiro atoms. The maximum atomic E-state index is 4.33. The highest BCUT2D eigenvalue weighted by Gasteiger charge is 2.38. The second-order valence-electron chi connectivity index (χ2n) is 5.49. The number of hydrogen-bond acceptors (Lipinski definition) is 1. The minimum atomic E-state index is 0.695. The Morgan fingerprint density at radius 2 is 2.00 bits per heavy atom. The standard InChI is InChI=1S/C13H23N/c1-9-5-6-12-8-14(4)11(3)7-10(2)13(9)12/h9,11-13H,2,5-8H2,1,3-4H3. The molecule has 0 radical (unpaired) electrons. The zero-order valence-electron chi connectivity index (χ0n) is 9.79. The molecule has 0 bridgehead atoms. The number of fused-ring (bicyclic) bond motifs is 1. The molecule has 4 unspecified atom stereocenters. The lowest BCUT2D eigenvalue weighted by Crippen LogP contribution is -2.31. The number of likely N-dealkylation sites (tertiary alicyclic amines) is 1. The van der Waals surface area contributed by atoms with Gasteiger partial charge < -0.3 is 4.90 Å². The molecule has 1 nitrogen and oxygen atoms in total. The molecule has 0 aromatic heterocycles. The Labute approximate surface area is 88.2 Å². The number of nitrogens with zero attached hydrogens (tertiary/aromatic N) is 1. The van der Waals surface area contributed by atoms with Crippen LogP contribution in [-0.4, -0.2) is 24.5 Å². The van der Waals surface area contributed by atoms with E-state index in [1.54, 1.807) is 0 Å². The van der Waals surface area contributed by atoms with E-state index in [2.05, 4.69) is 32.4 Å². The van der Waals surface area contributed by atoms with E-state index in [9.17, 15) is 0 Å². The van der Waals surface area contributed by atoms with Gasteiger partial charge >= 0.3 is 0 Å². The van der Waals surface area contributed by atoms with Crippen molar-refractivity contribution in [2.24, 2.45) is 17.8 Å². The van der Waals surface area contributed by atoms with E-state index in [-0.39, 0.29) is 0 Å². The van der Waals surface area contributed by atoms with Crippen LogP contribution in [0.1, 0.15) is 33.1 Å². The molecule has 1 saturated carbocycles. The molecular formula is C13H23N. The maximum absolute atomic E-state index is 4.33. The van der Waals surface area contributed by atoms with Crippen LogP contribution in [0.15, 0.2) is 12.2 Å². The monoisotopic (exact) mass is 193 g/mol. The van der Waals surface area contributed by atoms with Gasteiger partial charge in [0.2, 0.25) is 0 Å². The van der Waals surface area contributed by atoms with E-state index in [0.717, 1.165) is 17.8 Å². The molecule has 0 amide bonds. The fourth-order valence-corrected chi connectivity index (χ4v) is 3.46. The SMILES string of the molecule is C=C1CC(C)N(C)CC2CCC(C)C12. The van der Waals surface area contributed by atoms with Crippen LogP contribution in [0.2, 0.25) is 0 Å². The average Bonchev–Trinajstić information content (AvgIpc) is 2.41. The van der Waals surface area contributed by atoms with Crippen LogP contribution < -0.4 is 0 Å². The van der Waals surface area contributed by atoms with E-state index in [1.807, 2.05) is 0 Å². The first-order valence-corrected chi connectivity index (χ1v) is 5.97. The Morgan fingerprint density at radius 1 is 1.29 bits per heavy atom. The van der Waals surface area contributed by atoms with Gasteiger partial charge in [0.15, 0.2) is 0 Å². The van der Waals surface area contributed by atoms with E-state index < -0.39 is 0 Å². The molecule has 14 heavy (non-hydrogen) atoms. The highest BCUT2D eigenvalue weighted by Crippen LogP contribution is 2.44. The quantitative estimate of drug-likeness (QED) is 0.535. The minimum Gasteiger partial charge on any atom is -0.303 e. The summed E-state index contributed by atoms with van der Waals surface area (Å²) in [6.45, 7) is 10.4. The Morgan fingerprint density at radius 3 is 2.71 bits per heavy atom. The lowest BCUT2D eigenvalue weighted by atomic mass is 9.83. The van der Waals surface area contributed by atoms with Gasteiger partial charge in [-0.1, -0.05) is 19.1 Å². The van der Waals surface area contributed by atoms with Crippen molar-refractivity contribution in [1.82, 2.24) is 4.90 Å². The summed E-state index contributed by atoms with van der Waals surface area (Å²) in [5.41, 5.74) is 1.52. The van der Waals surface area contributed by atoms with Gasteiger partial charge in [-0.15, -0.1) is 0 Å². The fraction of sp³-hybridized carbons (Fsp3) is 0.846. The summed E-state index contributed by atoms with van der Waals surface area (Å²) in [7, 11) is 2.27. The van der Waals surface area contributed by atoms with Crippen molar-refractivity contribution in [3.05, 3.63) is 12.2 Å². The normalized spacial score (nSPS) is 44.9. The predicted molar refractivity (Wildman–Crippen MR) is 61.2 cm³/mol. The fourth-order valence-electron chi connectivity index (χ4n) is 3.46. The lowest BCUT2D eigenvalue weighted by Gasteiger charge is -2.24. The van der Waals surface area contributed by atoms with Gasteiger partial charge in [-0.25, -0.2) is 0 Å². The molecule has 1 heteroatoms. The van der Waals surface area contributed by atoms with E-state index in [4.69, 9.17) is 0 Å². The third-order valence-corrected chi connectivity index (χ3v) is 4.42. The summed E-state index contributed by atoms with van der Waals surface area (Å²) >= 11 is 0. The van der Waals surface area contributed by atoms with Gasteiger partial charge in [0.25, 0.3) is 0 Å². The Kier molecular flexibility index (Phi) is 2.70. The summed E-state index contributed by atoms with van der Waals surface area (Å²) in [5.74, 6) is 2.60. The van der Waals surface area contributed by atoms with Gasteiger partial charge in [0.05, 0.1) is 0 Å². The van der Waals surface area contributed by atoms with Crippen LogP contribution in [0.3, 0.4) is 0 Å². The summed E-state index contributed by atoms with van der Waals surface area (Å²) in [5, 5.41) is 0. The molecule has 2 aliphatic rings. The van der Waals surface area contributed by atoms with Crippen LogP contribution in [0.5, 0.6) is 0 Å². The van der Waals surface area contributed by atoms with Crippen molar-refractivity contribution in [3.63, 3.8) is 0 Å². The third kappa shape index (κ3) is 1.63. The van der Waals surface area contributed by atoms with Gasteiger partial charge in [0, 0.05) is 12.6 Å². The first-order valence-electron chi connectivity index (χ1n) is 5.97. The third-order valence-electron chi connectivity index (χ3n) is 4.42. The molecule has 1 aliphatic carbocycles. The molecule has 2 rings (SSSR count). The zero-order valence-corrected chi connectivity index (χ0v) is 9.79. The Balaban J connectivity index is 2.18. The van der Waals surface area contributed by atoms with E-state index in [0.29, 0.717) is 6.04 Å². The minimum absolute atomic E-state index is 0.695. The van der Waals surface area contributed by atoms with Crippen molar-refractivity contribution in [3.8, 4) is 0 Å². The van der Waals surface area contributed by atoms with Gasteiger partial charge in [-0.3, -0.25) is 0 Å². The molecule has 1 saturated heterocycles. The Hall–Kier alpha value is -0.300. The van der Waals surface area contributed by atoms with E-state index >= 15 is 0 Å². The highest BCUT2D eigenvalue weighted by molar-refractivity contribution is 5.11. The molecule has 1 heterocycles. The van der Waals surface area contributed by atoms with Gasteiger partial charge in [-0.2, -0.15) is 0 Å². The molecule has 2 fully saturated rings. The molecule has 0 N–H and O–H groups in total. The van der Waals surface area contributed by atoms with Crippen LogP contribution in [0, 0.1) is 17.8 Å². The lowest BCUT2D eigenvalue weighted by molar-refractivity contribution is 0.226. The average molecular weight is 193 g/mol. The molecule has 0 aromatic carbocycles.